The van der Waals surface area contributed by atoms with Crippen LogP contribution in [0.15, 0.2) is 4.99 Å². The molecule has 3 saturated carbocycles. The standard InChI is InChI=1S/C16H27NO3/c1-6-7-11(14(18)20-5)17-13-9-10-8-12(15(10,2)3)16(13,4)19/h10-12,19H,6-9H2,1-5H3/t10-,11+,12-,16-/m0/s1. The molecule has 4 atom stereocenters. The van der Waals surface area contributed by atoms with Crippen molar-refractivity contribution in [1.29, 1.82) is 0 Å². The average Bonchev–Trinajstić information content (AvgIpc) is 2.38. The smallest absolute Gasteiger partial charge is 0.330 e. The van der Waals surface area contributed by atoms with Crippen molar-refractivity contribution in [1.82, 2.24) is 0 Å². The fraction of sp³-hybridized carbons (Fsp3) is 0.875. The molecule has 0 heterocycles. The van der Waals surface area contributed by atoms with Crippen LogP contribution in [0.5, 0.6) is 0 Å². The zero-order valence-corrected chi connectivity index (χ0v) is 13.3. The molecule has 0 aromatic heterocycles. The SMILES string of the molecule is CCC[C@@H](N=C1C[C@@H]2C[C@@H](C2(C)C)[C@]1(C)O)C(=O)OC. The molecule has 0 aromatic rings. The number of carbonyl (C=O) groups excluding carboxylic acids is 1. The van der Waals surface area contributed by atoms with E-state index in [1.807, 2.05) is 13.8 Å². The number of nitrogens with zero attached hydrogens (tertiary/aromatic N) is 1. The maximum absolute atomic E-state index is 11.8. The maximum Gasteiger partial charge on any atom is 0.330 e. The van der Waals surface area contributed by atoms with Gasteiger partial charge in [0.1, 0.15) is 11.6 Å². The number of aliphatic hydroxyl groups is 1. The van der Waals surface area contributed by atoms with E-state index in [9.17, 15) is 9.90 Å². The Morgan fingerprint density at radius 2 is 2.15 bits per heavy atom. The average molecular weight is 281 g/mol. The highest BCUT2D eigenvalue weighted by molar-refractivity contribution is 5.96. The Kier molecular flexibility index (Phi) is 3.98. The first kappa shape index (κ1) is 15.5. The highest BCUT2D eigenvalue weighted by Crippen LogP contribution is 2.61. The summed E-state index contributed by atoms with van der Waals surface area (Å²) in [5.74, 6) is 0.521. The van der Waals surface area contributed by atoms with Gasteiger partial charge in [0.25, 0.3) is 0 Å². The van der Waals surface area contributed by atoms with E-state index in [0.717, 1.165) is 25.0 Å². The molecule has 4 nitrogen and oxygen atoms in total. The monoisotopic (exact) mass is 281 g/mol. The van der Waals surface area contributed by atoms with Crippen LogP contribution >= 0.6 is 0 Å². The number of hydrogen-bond donors (Lipinski definition) is 1. The molecule has 3 aliphatic carbocycles. The van der Waals surface area contributed by atoms with Crippen LogP contribution in [0.4, 0.5) is 0 Å². The first-order chi connectivity index (χ1) is 9.25. The van der Waals surface area contributed by atoms with Gasteiger partial charge in [-0.05, 0) is 43.4 Å². The Balaban J connectivity index is 2.24. The molecule has 0 unspecified atom stereocenters. The second kappa shape index (κ2) is 5.14. The van der Waals surface area contributed by atoms with Crippen molar-refractivity contribution in [3.05, 3.63) is 0 Å². The molecular formula is C16H27NO3. The van der Waals surface area contributed by atoms with E-state index in [4.69, 9.17) is 4.74 Å². The molecule has 0 aromatic carbocycles. The van der Waals surface area contributed by atoms with E-state index in [1.165, 1.54) is 7.11 Å². The molecule has 3 aliphatic rings. The molecule has 20 heavy (non-hydrogen) atoms. The summed E-state index contributed by atoms with van der Waals surface area (Å²) in [6.45, 7) is 8.32. The van der Waals surface area contributed by atoms with Crippen LogP contribution in [0, 0.1) is 17.3 Å². The largest absolute Gasteiger partial charge is 0.467 e. The molecule has 0 aliphatic heterocycles. The lowest BCUT2D eigenvalue weighted by atomic mass is 9.44. The number of ether oxygens (including phenoxy) is 1. The molecule has 3 rings (SSSR count). The van der Waals surface area contributed by atoms with Gasteiger partial charge in [-0.3, -0.25) is 4.99 Å². The van der Waals surface area contributed by atoms with E-state index >= 15 is 0 Å². The molecule has 0 radical (unpaired) electrons. The Morgan fingerprint density at radius 1 is 1.50 bits per heavy atom. The molecule has 0 amide bonds. The van der Waals surface area contributed by atoms with Crippen LogP contribution in [0.25, 0.3) is 0 Å². The van der Waals surface area contributed by atoms with Gasteiger partial charge in [-0.2, -0.15) is 0 Å². The summed E-state index contributed by atoms with van der Waals surface area (Å²) in [5.41, 5.74) is 0.0775. The van der Waals surface area contributed by atoms with E-state index < -0.39 is 11.6 Å². The lowest BCUT2D eigenvalue weighted by molar-refractivity contribution is -0.142. The fourth-order valence-electron chi connectivity index (χ4n) is 3.97. The predicted molar refractivity (Wildman–Crippen MR) is 78.8 cm³/mol. The normalized spacial score (nSPS) is 38.2. The van der Waals surface area contributed by atoms with Gasteiger partial charge in [0.2, 0.25) is 0 Å². The van der Waals surface area contributed by atoms with E-state index in [2.05, 4.69) is 18.8 Å². The van der Waals surface area contributed by atoms with Gasteiger partial charge < -0.3 is 9.84 Å². The lowest BCUT2D eigenvalue weighted by Gasteiger charge is -2.62. The van der Waals surface area contributed by atoms with Crippen LogP contribution in [-0.2, 0) is 9.53 Å². The van der Waals surface area contributed by atoms with Crippen molar-refractivity contribution in [2.75, 3.05) is 7.11 Å². The minimum Gasteiger partial charge on any atom is -0.467 e. The third-order valence-corrected chi connectivity index (χ3v) is 5.52. The van der Waals surface area contributed by atoms with Gasteiger partial charge in [0.15, 0.2) is 0 Å². The van der Waals surface area contributed by atoms with E-state index in [-0.39, 0.29) is 17.3 Å². The van der Waals surface area contributed by atoms with Crippen molar-refractivity contribution in [3.63, 3.8) is 0 Å². The van der Waals surface area contributed by atoms with Crippen LogP contribution in [0.1, 0.15) is 53.4 Å². The second-order valence-corrected chi connectivity index (χ2v) is 7.06. The van der Waals surface area contributed by atoms with Gasteiger partial charge in [0, 0.05) is 5.71 Å². The third kappa shape index (κ3) is 2.28. The van der Waals surface area contributed by atoms with Crippen molar-refractivity contribution < 1.29 is 14.6 Å². The summed E-state index contributed by atoms with van der Waals surface area (Å²) < 4.78 is 4.83. The topological polar surface area (TPSA) is 58.9 Å². The summed E-state index contributed by atoms with van der Waals surface area (Å²) in [5, 5.41) is 10.9. The van der Waals surface area contributed by atoms with Crippen LogP contribution in [0.3, 0.4) is 0 Å². The second-order valence-electron chi connectivity index (χ2n) is 7.06. The van der Waals surface area contributed by atoms with Gasteiger partial charge in [-0.25, -0.2) is 4.79 Å². The molecule has 0 saturated heterocycles. The number of esters is 1. The Labute approximate surface area is 121 Å². The fourth-order valence-corrected chi connectivity index (χ4v) is 3.97. The molecular weight excluding hydrogens is 254 g/mol. The number of carbonyl (C=O) groups is 1. The van der Waals surface area contributed by atoms with Crippen molar-refractivity contribution in [3.8, 4) is 0 Å². The third-order valence-electron chi connectivity index (χ3n) is 5.52. The first-order valence-electron chi connectivity index (χ1n) is 7.62. The summed E-state index contributed by atoms with van der Waals surface area (Å²) in [6.07, 6.45) is 3.41. The molecule has 114 valence electrons. The quantitative estimate of drug-likeness (QED) is 0.806. The van der Waals surface area contributed by atoms with Crippen LogP contribution < -0.4 is 0 Å². The lowest BCUT2D eigenvalue weighted by Crippen LogP contribution is -2.65. The van der Waals surface area contributed by atoms with Crippen molar-refractivity contribution in [2.45, 2.75) is 65.0 Å². The number of rotatable bonds is 4. The number of aliphatic imine (C=N–C) groups is 1. The molecule has 0 spiro atoms. The number of fused-ring (bicyclic) bond motifs is 2. The zero-order chi connectivity index (χ0) is 15.1. The highest BCUT2D eigenvalue weighted by atomic mass is 16.5. The number of methoxy groups -OCH3 is 1. The summed E-state index contributed by atoms with van der Waals surface area (Å²) in [6, 6.07) is -0.466. The predicted octanol–water partition coefficient (Wildman–Crippen LogP) is 2.59. The van der Waals surface area contributed by atoms with Gasteiger partial charge in [-0.1, -0.05) is 27.2 Å². The summed E-state index contributed by atoms with van der Waals surface area (Å²) in [4.78, 5) is 16.4. The minimum atomic E-state index is -0.891. The highest BCUT2D eigenvalue weighted by Gasteiger charge is 2.61. The molecule has 4 heteroatoms. The zero-order valence-electron chi connectivity index (χ0n) is 13.3. The van der Waals surface area contributed by atoms with E-state index in [0.29, 0.717) is 12.3 Å². The Morgan fingerprint density at radius 3 is 2.60 bits per heavy atom. The number of hydrogen-bond acceptors (Lipinski definition) is 4. The molecule has 1 N–H and O–H groups in total. The first-order valence-corrected chi connectivity index (χ1v) is 7.62. The van der Waals surface area contributed by atoms with Gasteiger partial charge in [0.05, 0.1) is 7.11 Å². The maximum atomic E-state index is 11.8. The molecule has 3 fully saturated rings. The van der Waals surface area contributed by atoms with Crippen molar-refractivity contribution in [2.24, 2.45) is 22.2 Å². The Bertz CT molecular complexity index is 425. The molecule has 2 bridgehead atoms. The van der Waals surface area contributed by atoms with Crippen molar-refractivity contribution >= 4 is 11.7 Å². The van der Waals surface area contributed by atoms with Crippen LogP contribution in [0.2, 0.25) is 0 Å². The van der Waals surface area contributed by atoms with Gasteiger partial charge in [-0.15, -0.1) is 0 Å². The van der Waals surface area contributed by atoms with E-state index in [1.54, 1.807) is 0 Å². The minimum absolute atomic E-state index is 0.175. The van der Waals surface area contributed by atoms with Crippen LogP contribution in [-0.4, -0.2) is 35.5 Å². The van der Waals surface area contributed by atoms with Gasteiger partial charge >= 0.3 is 5.97 Å². The summed E-state index contributed by atoms with van der Waals surface area (Å²) >= 11 is 0. The Hall–Kier alpha value is -0.900. The summed E-state index contributed by atoms with van der Waals surface area (Å²) in [7, 11) is 1.39.